The fraction of sp³-hybridized carbons (Fsp3) is 0.111. The molecule has 0 saturated heterocycles. The van der Waals surface area contributed by atoms with Crippen molar-refractivity contribution in [3.05, 3.63) is 72.6 Å². The summed E-state index contributed by atoms with van der Waals surface area (Å²) in [4.78, 5) is 14.0. The van der Waals surface area contributed by atoms with Crippen LogP contribution >= 0.6 is 0 Å². The van der Waals surface area contributed by atoms with Crippen LogP contribution in [0.5, 0.6) is 5.75 Å². The Morgan fingerprint density at radius 1 is 1.17 bits per heavy atom. The zero-order valence-corrected chi connectivity index (χ0v) is 13.3. The van der Waals surface area contributed by atoms with Gasteiger partial charge in [-0.25, -0.2) is 9.48 Å². The lowest BCUT2D eigenvalue weighted by Crippen LogP contribution is -2.31. The Kier molecular flexibility index (Phi) is 4.47. The number of aromatic nitrogens is 2. The number of carbonyl (C=O) groups excluding carboxylic acids is 1. The van der Waals surface area contributed by atoms with Gasteiger partial charge >= 0.3 is 6.03 Å². The van der Waals surface area contributed by atoms with Crippen molar-refractivity contribution in [1.82, 2.24) is 14.7 Å². The van der Waals surface area contributed by atoms with Gasteiger partial charge in [-0.15, -0.1) is 0 Å². The molecule has 1 aromatic heterocycles. The van der Waals surface area contributed by atoms with Gasteiger partial charge in [0.15, 0.2) is 0 Å². The SMILES string of the molecule is CN(Cc1ccccc1O)C(=O)Nc1ccccc1-n1cccn1. The topological polar surface area (TPSA) is 70.4 Å². The van der Waals surface area contributed by atoms with E-state index in [0.717, 1.165) is 5.69 Å². The van der Waals surface area contributed by atoms with Gasteiger partial charge in [0.1, 0.15) is 5.75 Å². The van der Waals surface area contributed by atoms with Gasteiger partial charge in [-0.2, -0.15) is 5.10 Å². The number of phenols is 1. The standard InChI is InChI=1S/C18H18N4O2/c1-21(13-14-7-2-5-10-17(14)23)18(24)20-15-8-3-4-9-16(15)22-12-6-11-19-22/h2-12,23H,13H2,1H3,(H,20,24). The number of amides is 2. The van der Waals surface area contributed by atoms with Crippen molar-refractivity contribution >= 4 is 11.7 Å². The van der Waals surface area contributed by atoms with Crippen molar-refractivity contribution in [2.24, 2.45) is 0 Å². The fourth-order valence-electron chi connectivity index (χ4n) is 2.37. The minimum absolute atomic E-state index is 0.175. The lowest BCUT2D eigenvalue weighted by Gasteiger charge is -2.19. The highest BCUT2D eigenvalue weighted by Gasteiger charge is 2.13. The summed E-state index contributed by atoms with van der Waals surface area (Å²) in [5.74, 6) is 0.175. The number of benzene rings is 2. The van der Waals surface area contributed by atoms with E-state index in [1.807, 2.05) is 42.6 Å². The number of nitrogens with zero attached hydrogens (tertiary/aromatic N) is 3. The Balaban J connectivity index is 1.75. The van der Waals surface area contributed by atoms with Crippen molar-refractivity contribution in [2.45, 2.75) is 6.54 Å². The van der Waals surface area contributed by atoms with Crippen molar-refractivity contribution in [3.63, 3.8) is 0 Å². The van der Waals surface area contributed by atoms with E-state index in [2.05, 4.69) is 10.4 Å². The normalized spacial score (nSPS) is 10.4. The smallest absolute Gasteiger partial charge is 0.321 e. The molecule has 2 aromatic carbocycles. The third-order valence-electron chi connectivity index (χ3n) is 3.64. The summed E-state index contributed by atoms with van der Waals surface area (Å²) in [6.45, 7) is 0.308. The van der Waals surface area contributed by atoms with Crippen LogP contribution in [0.15, 0.2) is 67.0 Å². The molecule has 1 heterocycles. The average molecular weight is 322 g/mol. The van der Waals surface area contributed by atoms with Crippen LogP contribution in [0.1, 0.15) is 5.56 Å². The molecule has 3 aromatic rings. The first-order valence-electron chi connectivity index (χ1n) is 7.53. The molecule has 24 heavy (non-hydrogen) atoms. The van der Waals surface area contributed by atoms with Gasteiger partial charge in [-0.1, -0.05) is 30.3 Å². The molecule has 0 spiro atoms. The molecule has 122 valence electrons. The second-order valence-corrected chi connectivity index (χ2v) is 5.38. The highest BCUT2D eigenvalue weighted by atomic mass is 16.3. The number of aromatic hydroxyl groups is 1. The Bertz CT molecular complexity index is 831. The van der Waals surface area contributed by atoms with E-state index in [1.54, 1.807) is 36.1 Å². The Morgan fingerprint density at radius 2 is 1.92 bits per heavy atom. The number of nitrogens with one attached hydrogen (secondary N) is 1. The first-order chi connectivity index (χ1) is 11.6. The number of urea groups is 1. The van der Waals surface area contributed by atoms with Gasteiger partial charge in [0.05, 0.1) is 17.9 Å². The van der Waals surface area contributed by atoms with Crippen LogP contribution < -0.4 is 5.32 Å². The second-order valence-electron chi connectivity index (χ2n) is 5.38. The largest absolute Gasteiger partial charge is 0.508 e. The average Bonchev–Trinajstić information content (AvgIpc) is 3.11. The predicted molar refractivity (Wildman–Crippen MR) is 92.2 cm³/mol. The first kappa shape index (κ1) is 15.6. The van der Waals surface area contributed by atoms with E-state index in [-0.39, 0.29) is 11.8 Å². The van der Waals surface area contributed by atoms with Crippen molar-refractivity contribution in [3.8, 4) is 11.4 Å². The zero-order valence-electron chi connectivity index (χ0n) is 13.3. The van der Waals surface area contributed by atoms with E-state index in [4.69, 9.17) is 0 Å². The van der Waals surface area contributed by atoms with E-state index in [1.165, 1.54) is 4.90 Å². The monoisotopic (exact) mass is 322 g/mol. The van der Waals surface area contributed by atoms with Gasteiger partial charge in [-0.05, 0) is 24.3 Å². The summed E-state index contributed by atoms with van der Waals surface area (Å²) < 4.78 is 1.69. The molecule has 2 amide bonds. The maximum Gasteiger partial charge on any atom is 0.321 e. The number of hydrogen-bond acceptors (Lipinski definition) is 3. The quantitative estimate of drug-likeness (QED) is 0.774. The minimum atomic E-state index is -0.266. The molecule has 6 nitrogen and oxygen atoms in total. The molecule has 0 aliphatic carbocycles. The molecule has 0 aliphatic rings. The molecule has 0 radical (unpaired) electrons. The maximum absolute atomic E-state index is 12.5. The van der Waals surface area contributed by atoms with Gasteiger partial charge in [-0.3, -0.25) is 0 Å². The number of phenolic OH excluding ortho intramolecular Hbond substituents is 1. The summed E-state index contributed by atoms with van der Waals surface area (Å²) >= 11 is 0. The maximum atomic E-state index is 12.5. The Morgan fingerprint density at radius 3 is 2.67 bits per heavy atom. The zero-order chi connectivity index (χ0) is 16.9. The van der Waals surface area contributed by atoms with E-state index < -0.39 is 0 Å². The van der Waals surface area contributed by atoms with Gasteiger partial charge in [0.2, 0.25) is 0 Å². The molecule has 3 rings (SSSR count). The summed E-state index contributed by atoms with van der Waals surface area (Å²) in [7, 11) is 1.68. The third kappa shape index (κ3) is 3.38. The van der Waals surface area contributed by atoms with Crippen molar-refractivity contribution in [2.75, 3.05) is 12.4 Å². The van der Waals surface area contributed by atoms with E-state index >= 15 is 0 Å². The molecule has 0 saturated carbocycles. The first-order valence-corrected chi connectivity index (χ1v) is 7.53. The van der Waals surface area contributed by atoms with Crippen LogP contribution in [-0.4, -0.2) is 32.9 Å². The van der Waals surface area contributed by atoms with Crippen LogP contribution in [0.4, 0.5) is 10.5 Å². The number of hydrogen-bond donors (Lipinski definition) is 2. The van der Waals surface area contributed by atoms with Crippen molar-refractivity contribution in [1.29, 1.82) is 0 Å². The van der Waals surface area contributed by atoms with Crippen LogP contribution in [0.3, 0.4) is 0 Å². The molecule has 0 aliphatic heterocycles. The summed E-state index contributed by atoms with van der Waals surface area (Å²) in [5.41, 5.74) is 2.14. The fourth-order valence-corrected chi connectivity index (χ4v) is 2.37. The van der Waals surface area contributed by atoms with Crippen LogP contribution in [0.25, 0.3) is 5.69 Å². The van der Waals surface area contributed by atoms with Crippen LogP contribution in [0.2, 0.25) is 0 Å². The van der Waals surface area contributed by atoms with Gasteiger partial charge in [0, 0.05) is 25.0 Å². The molecule has 0 unspecified atom stereocenters. The number of carbonyl (C=O) groups is 1. The minimum Gasteiger partial charge on any atom is -0.508 e. The predicted octanol–water partition coefficient (Wildman–Crippen LogP) is 3.24. The molecular weight excluding hydrogens is 304 g/mol. The lowest BCUT2D eigenvalue weighted by molar-refractivity contribution is 0.220. The molecule has 2 N–H and O–H groups in total. The van der Waals surface area contributed by atoms with Gasteiger partial charge < -0.3 is 15.3 Å². The Labute approximate surface area is 140 Å². The summed E-state index contributed by atoms with van der Waals surface area (Å²) in [6.07, 6.45) is 3.50. The van der Waals surface area contributed by atoms with E-state index in [9.17, 15) is 9.90 Å². The highest BCUT2D eigenvalue weighted by Crippen LogP contribution is 2.21. The number of anilines is 1. The van der Waals surface area contributed by atoms with Crippen molar-refractivity contribution < 1.29 is 9.90 Å². The van der Waals surface area contributed by atoms with Crippen LogP contribution in [0, 0.1) is 0 Å². The second kappa shape index (κ2) is 6.87. The molecular formula is C18H18N4O2. The van der Waals surface area contributed by atoms with Crippen LogP contribution in [-0.2, 0) is 6.54 Å². The number of rotatable bonds is 4. The highest BCUT2D eigenvalue weighted by molar-refractivity contribution is 5.91. The molecule has 6 heteroatoms. The molecule has 0 bridgehead atoms. The lowest BCUT2D eigenvalue weighted by atomic mass is 10.2. The summed E-state index contributed by atoms with van der Waals surface area (Å²) in [5, 5.41) is 16.9. The number of para-hydroxylation sites is 3. The summed E-state index contributed by atoms with van der Waals surface area (Å²) in [6, 6.07) is 16.0. The van der Waals surface area contributed by atoms with Gasteiger partial charge in [0.25, 0.3) is 0 Å². The Hall–Kier alpha value is -3.28. The third-order valence-corrected chi connectivity index (χ3v) is 3.64. The molecule has 0 fully saturated rings. The molecule has 0 atom stereocenters. The van der Waals surface area contributed by atoms with E-state index in [0.29, 0.717) is 17.8 Å².